The molecule has 1 atom stereocenters. The third-order valence-electron chi connectivity index (χ3n) is 3.00. The third-order valence-corrected chi connectivity index (χ3v) is 3.00. The summed E-state index contributed by atoms with van der Waals surface area (Å²) in [5.74, 6) is 0.560. The zero-order valence-corrected chi connectivity index (χ0v) is 9.62. The Balaban J connectivity index is 2.00. The van der Waals surface area contributed by atoms with Gasteiger partial charge in [-0.2, -0.15) is 0 Å². The van der Waals surface area contributed by atoms with Gasteiger partial charge < -0.3 is 15.8 Å². The normalized spacial score (nSPS) is 28.9. The van der Waals surface area contributed by atoms with E-state index in [2.05, 4.69) is 26.1 Å². The molecular weight excluding hydrogens is 176 g/mol. The monoisotopic (exact) mass is 200 g/mol. The summed E-state index contributed by atoms with van der Waals surface area (Å²) in [4.78, 5) is 0. The van der Waals surface area contributed by atoms with E-state index >= 15 is 0 Å². The van der Waals surface area contributed by atoms with E-state index in [4.69, 9.17) is 10.5 Å². The van der Waals surface area contributed by atoms with Gasteiger partial charge in [0.05, 0.1) is 6.10 Å². The quantitative estimate of drug-likeness (QED) is 0.675. The first-order valence-corrected chi connectivity index (χ1v) is 5.74. The Hall–Kier alpha value is -0.120. The van der Waals surface area contributed by atoms with E-state index in [1.165, 1.54) is 0 Å². The fourth-order valence-corrected chi connectivity index (χ4v) is 1.64. The fraction of sp³-hybridized carbons (Fsp3) is 1.00. The number of nitrogens with one attached hydrogen (secondary N) is 1. The number of hydrogen-bond acceptors (Lipinski definition) is 3. The van der Waals surface area contributed by atoms with Crippen LogP contribution in [0.15, 0.2) is 0 Å². The molecule has 3 heteroatoms. The Morgan fingerprint density at radius 3 is 2.57 bits per heavy atom. The van der Waals surface area contributed by atoms with E-state index in [0.717, 1.165) is 26.0 Å². The van der Waals surface area contributed by atoms with Crippen LogP contribution in [-0.2, 0) is 4.74 Å². The highest BCUT2D eigenvalue weighted by molar-refractivity contribution is 4.87. The highest BCUT2D eigenvalue weighted by Crippen LogP contribution is 2.23. The van der Waals surface area contributed by atoms with Gasteiger partial charge in [0.2, 0.25) is 0 Å². The summed E-state index contributed by atoms with van der Waals surface area (Å²) in [5.41, 5.74) is 5.94. The van der Waals surface area contributed by atoms with Crippen LogP contribution in [0.2, 0.25) is 0 Å². The van der Waals surface area contributed by atoms with Gasteiger partial charge in [0.15, 0.2) is 0 Å². The van der Waals surface area contributed by atoms with Gasteiger partial charge in [0.1, 0.15) is 0 Å². The van der Waals surface area contributed by atoms with E-state index in [1.54, 1.807) is 0 Å². The molecule has 0 radical (unpaired) electrons. The lowest BCUT2D eigenvalue weighted by Gasteiger charge is -2.36. The first-order valence-electron chi connectivity index (χ1n) is 5.74. The Labute approximate surface area is 87.4 Å². The molecule has 1 aliphatic rings. The second kappa shape index (κ2) is 5.69. The maximum Gasteiger partial charge on any atom is 0.0604 e. The van der Waals surface area contributed by atoms with E-state index in [-0.39, 0.29) is 6.04 Å². The van der Waals surface area contributed by atoms with Crippen LogP contribution >= 0.6 is 0 Å². The first kappa shape index (κ1) is 12.0. The summed E-state index contributed by atoms with van der Waals surface area (Å²) in [5, 5.41) is 3.48. The second-order valence-electron chi connectivity index (χ2n) is 4.56. The van der Waals surface area contributed by atoms with E-state index in [1.807, 2.05) is 0 Å². The van der Waals surface area contributed by atoms with E-state index in [0.29, 0.717) is 18.1 Å². The molecule has 0 aromatic rings. The SMILES string of the molecule is CCOC1CC(NCC(N)C(C)C)C1. The van der Waals surface area contributed by atoms with Gasteiger partial charge in [-0.05, 0) is 25.7 Å². The van der Waals surface area contributed by atoms with Crippen LogP contribution in [0.25, 0.3) is 0 Å². The largest absolute Gasteiger partial charge is 0.378 e. The maximum atomic E-state index is 5.94. The molecule has 1 aliphatic carbocycles. The van der Waals surface area contributed by atoms with Gasteiger partial charge in [-0.15, -0.1) is 0 Å². The number of ether oxygens (including phenoxy) is 1. The van der Waals surface area contributed by atoms with E-state index in [9.17, 15) is 0 Å². The van der Waals surface area contributed by atoms with Crippen molar-refractivity contribution in [2.24, 2.45) is 11.7 Å². The predicted octanol–water partition coefficient (Wildman–Crippen LogP) is 1.13. The molecule has 0 aromatic carbocycles. The van der Waals surface area contributed by atoms with Crippen LogP contribution < -0.4 is 11.1 Å². The molecular formula is C11H24N2O. The van der Waals surface area contributed by atoms with Crippen LogP contribution in [0.1, 0.15) is 33.6 Å². The summed E-state index contributed by atoms with van der Waals surface area (Å²) in [7, 11) is 0. The highest BCUT2D eigenvalue weighted by Gasteiger charge is 2.29. The fourth-order valence-electron chi connectivity index (χ4n) is 1.64. The third kappa shape index (κ3) is 3.56. The predicted molar refractivity (Wildman–Crippen MR) is 59.3 cm³/mol. The Kier molecular flexibility index (Phi) is 4.85. The minimum absolute atomic E-state index is 0.279. The topological polar surface area (TPSA) is 47.3 Å². The molecule has 0 heterocycles. The average molecular weight is 200 g/mol. The van der Waals surface area contributed by atoms with Crippen LogP contribution in [0.3, 0.4) is 0 Å². The molecule has 0 amide bonds. The molecule has 0 bridgehead atoms. The molecule has 3 nitrogen and oxygen atoms in total. The van der Waals surface area contributed by atoms with Crippen molar-refractivity contribution in [2.75, 3.05) is 13.2 Å². The molecule has 0 saturated heterocycles. The molecule has 84 valence electrons. The summed E-state index contributed by atoms with van der Waals surface area (Å²) in [6.45, 7) is 8.14. The van der Waals surface area contributed by atoms with Crippen molar-refractivity contribution in [3.63, 3.8) is 0 Å². The average Bonchev–Trinajstić information content (AvgIpc) is 2.08. The molecule has 1 unspecified atom stereocenters. The minimum Gasteiger partial charge on any atom is -0.378 e. The van der Waals surface area contributed by atoms with Crippen molar-refractivity contribution in [1.82, 2.24) is 5.32 Å². The van der Waals surface area contributed by atoms with Crippen molar-refractivity contribution in [3.05, 3.63) is 0 Å². The summed E-state index contributed by atoms with van der Waals surface area (Å²) >= 11 is 0. The molecule has 3 N–H and O–H groups in total. The smallest absolute Gasteiger partial charge is 0.0604 e. The molecule has 1 saturated carbocycles. The molecule has 0 aliphatic heterocycles. The van der Waals surface area contributed by atoms with Crippen molar-refractivity contribution in [1.29, 1.82) is 0 Å². The number of rotatable bonds is 6. The highest BCUT2D eigenvalue weighted by atomic mass is 16.5. The van der Waals surface area contributed by atoms with Gasteiger partial charge in [-0.25, -0.2) is 0 Å². The van der Waals surface area contributed by atoms with Gasteiger partial charge >= 0.3 is 0 Å². The molecule has 1 rings (SSSR count). The van der Waals surface area contributed by atoms with Gasteiger partial charge in [-0.3, -0.25) is 0 Å². The lowest BCUT2D eigenvalue weighted by Crippen LogP contribution is -2.50. The molecule has 0 spiro atoms. The van der Waals surface area contributed by atoms with Crippen LogP contribution in [-0.4, -0.2) is 31.3 Å². The van der Waals surface area contributed by atoms with Crippen molar-refractivity contribution >= 4 is 0 Å². The standard InChI is InChI=1S/C11H24N2O/c1-4-14-10-5-9(6-10)13-7-11(12)8(2)3/h8-11,13H,4-7,12H2,1-3H3. The lowest BCUT2D eigenvalue weighted by molar-refractivity contribution is -0.0102. The van der Waals surface area contributed by atoms with Crippen molar-refractivity contribution < 1.29 is 4.74 Å². The maximum absolute atomic E-state index is 5.94. The Bertz CT molecular complexity index is 155. The second-order valence-corrected chi connectivity index (χ2v) is 4.56. The zero-order chi connectivity index (χ0) is 10.6. The minimum atomic E-state index is 0.279. The Morgan fingerprint density at radius 1 is 1.43 bits per heavy atom. The lowest BCUT2D eigenvalue weighted by atomic mass is 9.89. The number of nitrogens with two attached hydrogens (primary N) is 1. The molecule has 0 aromatic heterocycles. The van der Waals surface area contributed by atoms with Crippen molar-refractivity contribution in [2.45, 2.75) is 51.8 Å². The summed E-state index contributed by atoms with van der Waals surface area (Å²) in [6.07, 6.45) is 2.80. The van der Waals surface area contributed by atoms with Crippen LogP contribution in [0, 0.1) is 5.92 Å². The summed E-state index contributed by atoms with van der Waals surface area (Å²) in [6, 6.07) is 0.914. The van der Waals surface area contributed by atoms with Crippen LogP contribution in [0.5, 0.6) is 0 Å². The van der Waals surface area contributed by atoms with Gasteiger partial charge in [0, 0.05) is 25.2 Å². The zero-order valence-electron chi connectivity index (χ0n) is 9.62. The van der Waals surface area contributed by atoms with Crippen molar-refractivity contribution in [3.8, 4) is 0 Å². The first-order chi connectivity index (χ1) is 6.63. The Morgan fingerprint density at radius 2 is 2.07 bits per heavy atom. The summed E-state index contributed by atoms with van der Waals surface area (Å²) < 4.78 is 5.49. The van der Waals surface area contributed by atoms with Crippen LogP contribution in [0.4, 0.5) is 0 Å². The van der Waals surface area contributed by atoms with Gasteiger partial charge in [-0.1, -0.05) is 13.8 Å². The number of hydrogen-bond donors (Lipinski definition) is 2. The molecule has 1 fully saturated rings. The van der Waals surface area contributed by atoms with E-state index < -0.39 is 0 Å². The van der Waals surface area contributed by atoms with Gasteiger partial charge in [0.25, 0.3) is 0 Å². The molecule has 14 heavy (non-hydrogen) atoms.